The third-order valence-electron chi connectivity index (χ3n) is 3.69. The Morgan fingerprint density at radius 1 is 1.41 bits per heavy atom. The number of allylic oxidation sites excluding steroid dienone is 1. The SMILES string of the molecule is C=C(CC)CC1CCCc2ccccc2C1=O. The average molecular weight is 228 g/mol. The number of rotatable bonds is 3. The first-order valence-electron chi connectivity index (χ1n) is 6.51. The van der Waals surface area contributed by atoms with Crippen LogP contribution in [-0.4, -0.2) is 5.78 Å². The standard InChI is InChI=1S/C16H20O/c1-3-12(2)11-14-9-6-8-13-7-4-5-10-15(13)16(14)17/h4-5,7,10,14H,2-3,6,8-9,11H2,1H3. The monoisotopic (exact) mass is 228 g/mol. The minimum Gasteiger partial charge on any atom is -0.294 e. The number of benzene rings is 1. The predicted molar refractivity (Wildman–Crippen MR) is 71.2 cm³/mol. The van der Waals surface area contributed by atoms with Crippen molar-refractivity contribution < 1.29 is 4.79 Å². The Kier molecular flexibility index (Phi) is 3.78. The number of hydrogen-bond donors (Lipinski definition) is 0. The molecule has 0 N–H and O–H groups in total. The molecule has 1 aromatic carbocycles. The average Bonchev–Trinajstić information content (AvgIpc) is 2.51. The van der Waals surface area contributed by atoms with Crippen LogP contribution in [0, 0.1) is 5.92 Å². The molecule has 2 rings (SSSR count). The third kappa shape index (κ3) is 2.66. The molecule has 1 aliphatic rings. The van der Waals surface area contributed by atoms with E-state index in [9.17, 15) is 4.79 Å². The molecule has 1 heteroatoms. The van der Waals surface area contributed by atoms with Crippen molar-refractivity contribution in [2.45, 2.75) is 39.0 Å². The fraction of sp³-hybridized carbons (Fsp3) is 0.438. The van der Waals surface area contributed by atoms with E-state index in [4.69, 9.17) is 0 Å². The van der Waals surface area contributed by atoms with Crippen LogP contribution in [-0.2, 0) is 6.42 Å². The van der Waals surface area contributed by atoms with Gasteiger partial charge in [0.2, 0.25) is 0 Å². The van der Waals surface area contributed by atoms with Crippen LogP contribution in [0.2, 0.25) is 0 Å². The second kappa shape index (κ2) is 5.31. The van der Waals surface area contributed by atoms with Gasteiger partial charge in [0.1, 0.15) is 0 Å². The number of aryl methyl sites for hydroxylation is 1. The Hall–Kier alpha value is -1.37. The van der Waals surface area contributed by atoms with E-state index in [1.165, 1.54) is 11.1 Å². The number of carbonyl (C=O) groups is 1. The summed E-state index contributed by atoms with van der Waals surface area (Å²) < 4.78 is 0. The summed E-state index contributed by atoms with van der Waals surface area (Å²) in [5.41, 5.74) is 3.36. The van der Waals surface area contributed by atoms with Crippen LogP contribution >= 0.6 is 0 Å². The zero-order valence-corrected chi connectivity index (χ0v) is 10.5. The molecule has 1 nitrogen and oxygen atoms in total. The van der Waals surface area contributed by atoms with E-state index in [0.717, 1.165) is 37.7 Å². The molecule has 0 bridgehead atoms. The lowest BCUT2D eigenvalue weighted by atomic mass is 9.89. The van der Waals surface area contributed by atoms with Gasteiger partial charge in [-0.3, -0.25) is 4.79 Å². The van der Waals surface area contributed by atoms with E-state index < -0.39 is 0 Å². The molecule has 0 saturated carbocycles. The van der Waals surface area contributed by atoms with Crippen LogP contribution in [0.4, 0.5) is 0 Å². The highest BCUT2D eigenvalue weighted by Crippen LogP contribution is 2.28. The van der Waals surface area contributed by atoms with Crippen molar-refractivity contribution >= 4 is 5.78 Å². The highest BCUT2D eigenvalue weighted by atomic mass is 16.1. The maximum absolute atomic E-state index is 12.4. The molecule has 1 aromatic rings. The van der Waals surface area contributed by atoms with Gasteiger partial charge in [-0.15, -0.1) is 0 Å². The van der Waals surface area contributed by atoms with Gasteiger partial charge in [0.25, 0.3) is 0 Å². The minimum absolute atomic E-state index is 0.158. The van der Waals surface area contributed by atoms with E-state index in [-0.39, 0.29) is 5.92 Å². The Balaban J connectivity index is 2.23. The molecule has 0 aliphatic heterocycles. The molecule has 0 fully saturated rings. The summed E-state index contributed by atoms with van der Waals surface area (Å²) in [7, 11) is 0. The Bertz CT molecular complexity index is 431. The lowest BCUT2D eigenvalue weighted by Gasteiger charge is -2.14. The summed E-state index contributed by atoms with van der Waals surface area (Å²) in [6.45, 7) is 6.14. The molecular formula is C16H20O. The van der Waals surface area contributed by atoms with Gasteiger partial charge in [0.05, 0.1) is 0 Å². The lowest BCUT2D eigenvalue weighted by molar-refractivity contribution is 0.0915. The summed E-state index contributed by atoms with van der Waals surface area (Å²) in [5.74, 6) is 0.485. The molecule has 1 atom stereocenters. The molecule has 0 amide bonds. The second-order valence-electron chi connectivity index (χ2n) is 4.92. The van der Waals surface area contributed by atoms with Crippen molar-refractivity contribution in [1.82, 2.24) is 0 Å². The van der Waals surface area contributed by atoms with E-state index in [0.29, 0.717) is 5.78 Å². The molecule has 0 saturated heterocycles. The van der Waals surface area contributed by atoms with Gasteiger partial charge in [-0.1, -0.05) is 43.3 Å². The van der Waals surface area contributed by atoms with Crippen molar-refractivity contribution in [1.29, 1.82) is 0 Å². The second-order valence-corrected chi connectivity index (χ2v) is 4.92. The van der Waals surface area contributed by atoms with Gasteiger partial charge in [-0.2, -0.15) is 0 Å². The molecule has 17 heavy (non-hydrogen) atoms. The van der Waals surface area contributed by atoms with Crippen LogP contribution in [0.1, 0.15) is 48.5 Å². The summed E-state index contributed by atoms with van der Waals surface area (Å²) in [6.07, 6.45) is 5.00. The number of Topliss-reactive ketones (excluding diaryl/α,β-unsaturated/α-hetero) is 1. The van der Waals surface area contributed by atoms with E-state index in [1.54, 1.807) is 0 Å². The maximum atomic E-state index is 12.4. The van der Waals surface area contributed by atoms with Crippen LogP contribution < -0.4 is 0 Å². The largest absolute Gasteiger partial charge is 0.294 e. The van der Waals surface area contributed by atoms with Gasteiger partial charge in [-0.25, -0.2) is 0 Å². The zero-order chi connectivity index (χ0) is 12.3. The lowest BCUT2D eigenvalue weighted by Crippen LogP contribution is -2.14. The van der Waals surface area contributed by atoms with Crippen LogP contribution in [0.5, 0.6) is 0 Å². The van der Waals surface area contributed by atoms with E-state index in [1.807, 2.05) is 18.2 Å². The highest BCUT2D eigenvalue weighted by molar-refractivity contribution is 5.99. The Labute approximate surface area is 104 Å². The van der Waals surface area contributed by atoms with Crippen LogP contribution in [0.3, 0.4) is 0 Å². The molecule has 1 aliphatic carbocycles. The smallest absolute Gasteiger partial charge is 0.166 e. The zero-order valence-electron chi connectivity index (χ0n) is 10.5. The maximum Gasteiger partial charge on any atom is 0.166 e. The first-order chi connectivity index (χ1) is 8.22. The van der Waals surface area contributed by atoms with Gasteiger partial charge in [0.15, 0.2) is 5.78 Å². The predicted octanol–water partition coefficient (Wildman–Crippen LogP) is 4.18. The minimum atomic E-state index is 0.158. The number of carbonyl (C=O) groups excluding carboxylic acids is 1. The molecular weight excluding hydrogens is 208 g/mol. The van der Waals surface area contributed by atoms with Crippen molar-refractivity contribution in [2.75, 3.05) is 0 Å². The van der Waals surface area contributed by atoms with E-state index >= 15 is 0 Å². The van der Waals surface area contributed by atoms with Crippen molar-refractivity contribution in [3.05, 3.63) is 47.5 Å². The van der Waals surface area contributed by atoms with Gasteiger partial charge in [0, 0.05) is 11.5 Å². The fourth-order valence-corrected chi connectivity index (χ4v) is 2.56. The topological polar surface area (TPSA) is 17.1 Å². The summed E-state index contributed by atoms with van der Waals surface area (Å²) in [6, 6.07) is 8.06. The van der Waals surface area contributed by atoms with E-state index in [2.05, 4.69) is 19.6 Å². The summed E-state index contributed by atoms with van der Waals surface area (Å²) in [4.78, 5) is 12.4. The third-order valence-corrected chi connectivity index (χ3v) is 3.69. The van der Waals surface area contributed by atoms with Crippen molar-refractivity contribution in [3.63, 3.8) is 0 Å². The first kappa shape index (κ1) is 12.1. The van der Waals surface area contributed by atoms with Crippen LogP contribution in [0.15, 0.2) is 36.4 Å². The van der Waals surface area contributed by atoms with Crippen LogP contribution in [0.25, 0.3) is 0 Å². The van der Waals surface area contributed by atoms with Crippen molar-refractivity contribution in [3.8, 4) is 0 Å². The van der Waals surface area contributed by atoms with Gasteiger partial charge < -0.3 is 0 Å². The normalized spacial score (nSPS) is 19.6. The molecule has 90 valence electrons. The van der Waals surface area contributed by atoms with Gasteiger partial charge in [-0.05, 0) is 37.7 Å². The molecule has 0 aromatic heterocycles. The summed E-state index contributed by atoms with van der Waals surface area (Å²) >= 11 is 0. The highest BCUT2D eigenvalue weighted by Gasteiger charge is 2.25. The Morgan fingerprint density at radius 3 is 2.94 bits per heavy atom. The van der Waals surface area contributed by atoms with Crippen molar-refractivity contribution in [2.24, 2.45) is 5.92 Å². The fourth-order valence-electron chi connectivity index (χ4n) is 2.56. The number of hydrogen-bond acceptors (Lipinski definition) is 1. The molecule has 0 heterocycles. The summed E-state index contributed by atoms with van der Waals surface area (Å²) in [5, 5.41) is 0. The first-order valence-corrected chi connectivity index (χ1v) is 6.51. The Morgan fingerprint density at radius 2 is 2.18 bits per heavy atom. The molecule has 0 radical (unpaired) electrons. The quantitative estimate of drug-likeness (QED) is 0.560. The number of ketones is 1. The molecule has 1 unspecified atom stereocenters. The van der Waals surface area contributed by atoms with Gasteiger partial charge >= 0.3 is 0 Å². The number of fused-ring (bicyclic) bond motifs is 1. The molecule has 0 spiro atoms.